The van der Waals surface area contributed by atoms with Crippen LogP contribution in [-0.2, 0) is 0 Å². The van der Waals surface area contributed by atoms with Gasteiger partial charge in [0.05, 0.1) is 9.83 Å². The quantitative estimate of drug-likeness (QED) is 0.830. The molecule has 2 rings (SSSR count). The fourth-order valence-corrected chi connectivity index (χ4v) is 3.70. The van der Waals surface area contributed by atoms with Crippen molar-refractivity contribution in [2.24, 2.45) is 0 Å². The highest BCUT2D eigenvalue weighted by Crippen LogP contribution is 2.37. The lowest BCUT2D eigenvalue weighted by Gasteiger charge is -2.18. The van der Waals surface area contributed by atoms with E-state index in [1.54, 1.807) is 36.6 Å². The van der Waals surface area contributed by atoms with Gasteiger partial charge in [0, 0.05) is 10.4 Å². The molecule has 2 nitrogen and oxygen atoms in total. The number of halogens is 3. The van der Waals surface area contributed by atoms with Crippen LogP contribution in [0.1, 0.15) is 22.0 Å². The van der Waals surface area contributed by atoms with E-state index < -0.39 is 6.61 Å². The first-order valence-corrected chi connectivity index (χ1v) is 7.60. The molecule has 0 fully saturated rings. The minimum Gasteiger partial charge on any atom is -0.434 e. The Morgan fingerprint density at radius 1 is 1.30 bits per heavy atom. The third kappa shape index (κ3) is 3.37. The number of benzene rings is 1. The number of thiophene rings is 1. The van der Waals surface area contributed by atoms with Gasteiger partial charge < -0.3 is 10.1 Å². The number of aryl methyl sites for hydroxylation is 1. The molecule has 108 valence electrons. The summed E-state index contributed by atoms with van der Waals surface area (Å²) in [7, 11) is 1.80. The van der Waals surface area contributed by atoms with Gasteiger partial charge >= 0.3 is 6.61 Å². The molecule has 20 heavy (non-hydrogen) atoms. The molecule has 1 unspecified atom stereocenters. The first-order chi connectivity index (χ1) is 9.52. The molecule has 1 atom stereocenters. The average Bonchev–Trinajstić information content (AvgIpc) is 2.72. The van der Waals surface area contributed by atoms with Crippen LogP contribution in [0.15, 0.2) is 34.1 Å². The summed E-state index contributed by atoms with van der Waals surface area (Å²) in [6.07, 6.45) is 0. The number of rotatable bonds is 5. The summed E-state index contributed by atoms with van der Waals surface area (Å²) >= 11 is 5.06. The third-order valence-electron chi connectivity index (χ3n) is 2.90. The second kappa shape index (κ2) is 6.65. The topological polar surface area (TPSA) is 21.3 Å². The number of hydrogen-bond acceptors (Lipinski definition) is 3. The molecule has 6 heteroatoms. The Labute approximate surface area is 128 Å². The standard InChI is InChI=1S/C14H14BrF2NOS/c1-8-7-11(20-13(8)15)12(18-2)9-5-3-4-6-10(9)19-14(16)17/h3-7,12,14,18H,1-2H3. The first kappa shape index (κ1) is 15.4. The minimum absolute atomic E-state index is 0.181. The predicted molar refractivity (Wildman–Crippen MR) is 80.7 cm³/mol. The Hall–Kier alpha value is -0.980. The van der Waals surface area contributed by atoms with Gasteiger partial charge in [0.25, 0.3) is 0 Å². The summed E-state index contributed by atoms with van der Waals surface area (Å²) in [6.45, 7) is -0.830. The molecular weight excluding hydrogens is 348 g/mol. The van der Waals surface area contributed by atoms with Gasteiger partial charge in [-0.3, -0.25) is 0 Å². The van der Waals surface area contributed by atoms with E-state index in [2.05, 4.69) is 26.0 Å². The second-order valence-electron chi connectivity index (χ2n) is 4.24. The van der Waals surface area contributed by atoms with E-state index in [1.165, 1.54) is 0 Å². The highest BCUT2D eigenvalue weighted by atomic mass is 79.9. The highest BCUT2D eigenvalue weighted by Gasteiger charge is 2.20. The van der Waals surface area contributed by atoms with Crippen molar-refractivity contribution in [2.75, 3.05) is 7.05 Å². The smallest absolute Gasteiger partial charge is 0.387 e. The van der Waals surface area contributed by atoms with Crippen LogP contribution in [0.25, 0.3) is 0 Å². The van der Waals surface area contributed by atoms with E-state index in [-0.39, 0.29) is 11.8 Å². The van der Waals surface area contributed by atoms with Crippen molar-refractivity contribution in [3.63, 3.8) is 0 Å². The number of alkyl halides is 2. The lowest BCUT2D eigenvalue weighted by molar-refractivity contribution is -0.0506. The minimum atomic E-state index is -2.83. The van der Waals surface area contributed by atoms with Gasteiger partial charge in [-0.1, -0.05) is 18.2 Å². The maximum absolute atomic E-state index is 12.5. The summed E-state index contributed by atoms with van der Waals surface area (Å²) in [5.41, 5.74) is 1.82. The summed E-state index contributed by atoms with van der Waals surface area (Å²) in [6, 6.07) is 8.70. The highest BCUT2D eigenvalue weighted by molar-refractivity contribution is 9.11. The zero-order valence-electron chi connectivity index (χ0n) is 11.0. The van der Waals surface area contributed by atoms with Gasteiger partial charge in [0.15, 0.2) is 0 Å². The molecule has 0 aliphatic heterocycles. The zero-order chi connectivity index (χ0) is 14.7. The number of hydrogen-bond donors (Lipinski definition) is 1. The maximum atomic E-state index is 12.5. The lowest BCUT2D eigenvalue weighted by Crippen LogP contribution is -2.18. The van der Waals surface area contributed by atoms with Gasteiger partial charge in [0.2, 0.25) is 0 Å². The van der Waals surface area contributed by atoms with Crippen LogP contribution >= 0.6 is 27.3 Å². The van der Waals surface area contributed by atoms with Crippen LogP contribution in [-0.4, -0.2) is 13.7 Å². The molecule has 0 amide bonds. The van der Waals surface area contributed by atoms with E-state index in [9.17, 15) is 8.78 Å². The summed E-state index contributed by atoms with van der Waals surface area (Å²) in [5.74, 6) is 0.198. The molecule has 1 aromatic carbocycles. The van der Waals surface area contributed by atoms with Gasteiger partial charge in [-0.05, 0) is 47.6 Å². The average molecular weight is 362 g/mol. The molecule has 1 heterocycles. The maximum Gasteiger partial charge on any atom is 0.387 e. The van der Waals surface area contributed by atoms with Crippen molar-refractivity contribution in [2.45, 2.75) is 19.6 Å². The van der Waals surface area contributed by atoms with Crippen molar-refractivity contribution in [1.29, 1.82) is 0 Å². The van der Waals surface area contributed by atoms with Crippen LogP contribution in [0.5, 0.6) is 5.75 Å². The van der Waals surface area contributed by atoms with Gasteiger partial charge in [0.1, 0.15) is 5.75 Å². The van der Waals surface area contributed by atoms with Gasteiger partial charge in [-0.25, -0.2) is 0 Å². The number of para-hydroxylation sites is 1. The molecule has 0 aliphatic rings. The molecule has 0 radical (unpaired) electrons. The lowest BCUT2D eigenvalue weighted by atomic mass is 10.0. The van der Waals surface area contributed by atoms with Crippen molar-refractivity contribution < 1.29 is 13.5 Å². The summed E-state index contributed by atoms with van der Waals surface area (Å²) < 4.78 is 30.6. The molecular formula is C14H14BrF2NOS. The molecule has 1 N–H and O–H groups in total. The van der Waals surface area contributed by atoms with Gasteiger partial charge in [-0.2, -0.15) is 8.78 Å². The largest absolute Gasteiger partial charge is 0.434 e. The third-order valence-corrected chi connectivity index (χ3v) is 5.10. The molecule has 0 saturated carbocycles. The van der Waals surface area contributed by atoms with E-state index in [0.717, 1.165) is 14.2 Å². The van der Waals surface area contributed by atoms with Crippen LogP contribution in [0.3, 0.4) is 0 Å². The normalized spacial score (nSPS) is 12.7. The SMILES string of the molecule is CNC(c1cc(C)c(Br)s1)c1ccccc1OC(F)F. The van der Waals surface area contributed by atoms with Crippen LogP contribution in [0.4, 0.5) is 8.78 Å². The summed E-state index contributed by atoms with van der Waals surface area (Å²) in [4.78, 5) is 1.04. The molecule has 0 saturated heterocycles. The molecule has 1 aromatic heterocycles. The van der Waals surface area contributed by atoms with Crippen LogP contribution in [0, 0.1) is 6.92 Å². The summed E-state index contributed by atoms with van der Waals surface area (Å²) in [5, 5.41) is 3.15. The van der Waals surface area contributed by atoms with Crippen molar-refractivity contribution in [3.8, 4) is 5.75 Å². The van der Waals surface area contributed by atoms with E-state index in [1.807, 2.05) is 19.1 Å². The predicted octanol–water partition coefficient (Wildman–Crippen LogP) is 4.73. The van der Waals surface area contributed by atoms with E-state index in [0.29, 0.717) is 5.56 Å². The monoisotopic (exact) mass is 361 g/mol. The Bertz CT molecular complexity index is 569. The zero-order valence-corrected chi connectivity index (χ0v) is 13.4. The van der Waals surface area contributed by atoms with Crippen LogP contribution in [0.2, 0.25) is 0 Å². The molecule has 0 spiro atoms. The van der Waals surface area contributed by atoms with Crippen molar-refractivity contribution >= 4 is 27.3 Å². The van der Waals surface area contributed by atoms with Crippen molar-refractivity contribution in [3.05, 3.63) is 50.1 Å². The Morgan fingerprint density at radius 2 is 2.00 bits per heavy atom. The van der Waals surface area contributed by atoms with E-state index >= 15 is 0 Å². The Balaban J connectivity index is 2.41. The van der Waals surface area contributed by atoms with Crippen LogP contribution < -0.4 is 10.1 Å². The fraction of sp³-hybridized carbons (Fsp3) is 0.286. The Kier molecular flexibility index (Phi) is 5.12. The van der Waals surface area contributed by atoms with Crippen molar-refractivity contribution in [1.82, 2.24) is 5.32 Å². The fourth-order valence-electron chi connectivity index (χ4n) is 2.00. The first-order valence-electron chi connectivity index (χ1n) is 5.99. The molecule has 2 aromatic rings. The second-order valence-corrected chi connectivity index (χ2v) is 6.65. The Morgan fingerprint density at radius 3 is 2.55 bits per heavy atom. The molecule has 0 aliphatic carbocycles. The number of nitrogens with one attached hydrogen (secondary N) is 1. The molecule has 0 bridgehead atoms. The number of ether oxygens (including phenoxy) is 1. The van der Waals surface area contributed by atoms with E-state index in [4.69, 9.17) is 0 Å². The van der Waals surface area contributed by atoms with Gasteiger partial charge in [-0.15, -0.1) is 11.3 Å².